The van der Waals surface area contributed by atoms with Gasteiger partial charge in [-0.05, 0) is 25.1 Å². The number of methoxy groups -OCH3 is 1. The van der Waals surface area contributed by atoms with Gasteiger partial charge in [-0.15, -0.1) is 0 Å². The number of amides is 1. The molecule has 3 heterocycles. The molecule has 0 aliphatic carbocycles. The number of carbonyl (C=O) groups is 1. The van der Waals surface area contributed by atoms with Gasteiger partial charge in [-0.25, -0.2) is 23.1 Å². The zero-order chi connectivity index (χ0) is 24.9. The summed E-state index contributed by atoms with van der Waals surface area (Å²) in [6.45, 7) is 0.225. The van der Waals surface area contributed by atoms with Crippen LogP contribution in [-0.4, -0.2) is 53.3 Å². The first-order chi connectivity index (χ1) is 15.7. The summed E-state index contributed by atoms with van der Waals surface area (Å²) in [5.41, 5.74) is -1.17. The molecule has 0 bridgehead atoms. The SMILES string of the molecule is [2H]C([2H])([2H])Oc1cnc(C(=O)Nc2ccc(F)c([C@]34COC[C@@]3(F)C[C@@](C)(F)C(N)=N4)c2)cn1. The number of hydrogen-bond acceptors (Lipinski definition) is 7. The van der Waals surface area contributed by atoms with Gasteiger partial charge < -0.3 is 20.5 Å². The van der Waals surface area contributed by atoms with Crippen LogP contribution in [0.15, 0.2) is 35.6 Å². The van der Waals surface area contributed by atoms with Crippen molar-refractivity contribution in [2.24, 2.45) is 10.7 Å². The lowest BCUT2D eigenvalue weighted by Gasteiger charge is -2.43. The summed E-state index contributed by atoms with van der Waals surface area (Å²) in [5, 5.41) is 2.47. The Balaban J connectivity index is 1.63. The normalized spacial score (nSPS) is 31.6. The second-order valence-corrected chi connectivity index (χ2v) is 7.68. The minimum Gasteiger partial charge on any atom is -0.480 e. The monoisotopic (exact) mass is 438 g/mol. The summed E-state index contributed by atoms with van der Waals surface area (Å²) in [4.78, 5) is 24.1. The number of benzene rings is 1. The van der Waals surface area contributed by atoms with E-state index in [1.54, 1.807) is 0 Å². The molecule has 164 valence electrons. The van der Waals surface area contributed by atoms with Crippen molar-refractivity contribution in [3.8, 4) is 5.88 Å². The lowest BCUT2D eigenvalue weighted by atomic mass is 9.70. The van der Waals surface area contributed by atoms with Gasteiger partial charge in [-0.3, -0.25) is 9.79 Å². The number of alkyl halides is 2. The summed E-state index contributed by atoms with van der Waals surface area (Å²) in [5.74, 6) is -2.39. The van der Waals surface area contributed by atoms with Crippen molar-refractivity contribution in [2.45, 2.75) is 30.2 Å². The van der Waals surface area contributed by atoms with Crippen LogP contribution >= 0.6 is 0 Å². The lowest BCUT2D eigenvalue weighted by Crippen LogP contribution is -2.58. The van der Waals surface area contributed by atoms with Crippen LogP contribution in [0.25, 0.3) is 0 Å². The Hall–Kier alpha value is -3.21. The van der Waals surface area contributed by atoms with E-state index in [-0.39, 0.29) is 29.4 Å². The number of ether oxygens (including phenoxy) is 2. The van der Waals surface area contributed by atoms with E-state index in [4.69, 9.17) is 14.6 Å². The van der Waals surface area contributed by atoms with E-state index in [2.05, 4.69) is 25.0 Å². The molecule has 1 fully saturated rings. The van der Waals surface area contributed by atoms with Crippen LogP contribution in [0, 0.1) is 5.82 Å². The number of aliphatic imine (C=N–C) groups is 1. The molecule has 0 radical (unpaired) electrons. The van der Waals surface area contributed by atoms with E-state index in [1.807, 2.05) is 0 Å². The highest BCUT2D eigenvalue weighted by atomic mass is 19.2. The summed E-state index contributed by atoms with van der Waals surface area (Å²) >= 11 is 0. The van der Waals surface area contributed by atoms with Gasteiger partial charge in [-0.2, -0.15) is 0 Å². The number of carbonyl (C=O) groups excluding carboxylic acids is 1. The molecule has 0 unspecified atom stereocenters. The Morgan fingerprint density at radius 1 is 1.32 bits per heavy atom. The molecule has 3 N–H and O–H groups in total. The number of nitrogens with two attached hydrogens (primary N) is 1. The van der Waals surface area contributed by atoms with Crippen molar-refractivity contribution >= 4 is 17.4 Å². The summed E-state index contributed by atoms with van der Waals surface area (Å²) in [6, 6.07) is 3.41. The topological polar surface area (TPSA) is 112 Å². The fraction of sp³-hybridized carbons (Fsp3) is 0.400. The quantitative estimate of drug-likeness (QED) is 0.758. The number of amidine groups is 1. The first kappa shape index (κ1) is 17.5. The van der Waals surface area contributed by atoms with E-state index < -0.39 is 54.5 Å². The van der Waals surface area contributed by atoms with Crippen LogP contribution in [0.4, 0.5) is 18.9 Å². The number of nitrogens with zero attached hydrogens (tertiary/aromatic N) is 3. The smallest absolute Gasteiger partial charge is 0.275 e. The number of halogens is 3. The van der Waals surface area contributed by atoms with Gasteiger partial charge in [0.05, 0.1) is 36.8 Å². The third kappa shape index (κ3) is 3.38. The maximum atomic E-state index is 15.9. The molecule has 8 nitrogen and oxygen atoms in total. The molecule has 2 aliphatic heterocycles. The van der Waals surface area contributed by atoms with Crippen molar-refractivity contribution in [3.63, 3.8) is 0 Å². The number of hydrogen-bond donors (Lipinski definition) is 2. The van der Waals surface area contributed by atoms with Gasteiger partial charge in [0.25, 0.3) is 5.91 Å². The number of anilines is 1. The van der Waals surface area contributed by atoms with Crippen LogP contribution in [0.2, 0.25) is 0 Å². The molecule has 31 heavy (non-hydrogen) atoms. The first-order valence-corrected chi connectivity index (χ1v) is 9.19. The highest BCUT2D eigenvalue weighted by Gasteiger charge is 2.65. The standard InChI is InChI=1S/C20H20F3N5O3/c1-18(22)8-19(23)9-31-10-20(19,28-17(18)24)12-5-11(3-4-13(12)21)27-16(29)14-6-26-15(30-2)7-25-14/h3-7H,8-10H2,1-2H3,(H2,24,28)(H,27,29)/t18-,19+,20-/m1/s1/i2D3. The van der Waals surface area contributed by atoms with E-state index >= 15 is 4.39 Å². The van der Waals surface area contributed by atoms with Crippen LogP contribution in [0.3, 0.4) is 0 Å². The van der Waals surface area contributed by atoms with Crippen molar-refractivity contribution < 1.29 is 31.6 Å². The predicted molar refractivity (Wildman–Crippen MR) is 105 cm³/mol. The maximum absolute atomic E-state index is 15.9. The molecule has 0 spiro atoms. The third-order valence-corrected chi connectivity index (χ3v) is 5.48. The van der Waals surface area contributed by atoms with Crippen LogP contribution in [-0.2, 0) is 10.3 Å². The lowest BCUT2D eigenvalue weighted by molar-refractivity contribution is 0.0234. The average molecular weight is 438 g/mol. The van der Waals surface area contributed by atoms with E-state index in [1.165, 1.54) is 12.1 Å². The molecule has 4 rings (SSSR count). The van der Waals surface area contributed by atoms with Crippen molar-refractivity contribution in [2.75, 3.05) is 25.6 Å². The second-order valence-electron chi connectivity index (χ2n) is 7.68. The summed E-state index contributed by atoms with van der Waals surface area (Å²) < 4.78 is 76.5. The first-order valence-electron chi connectivity index (χ1n) is 10.7. The average Bonchev–Trinajstić information content (AvgIpc) is 3.04. The zero-order valence-corrected chi connectivity index (χ0v) is 16.3. The zero-order valence-electron chi connectivity index (χ0n) is 19.3. The third-order valence-electron chi connectivity index (χ3n) is 5.48. The highest BCUT2D eigenvalue weighted by Crippen LogP contribution is 2.53. The van der Waals surface area contributed by atoms with E-state index in [0.29, 0.717) is 0 Å². The Kier molecular flexibility index (Phi) is 4.05. The molecule has 11 heteroatoms. The van der Waals surface area contributed by atoms with Crippen molar-refractivity contribution in [1.82, 2.24) is 9.97 Å². The van der Waals surface area contributed by atoms with Gasteiger partial charge in [0, 0.05) is 17.7 Å². The van der Waals surface area contributed by atoms with Gasteiger partial charge in [0.15, 0.2) is 16.9 Å². The fourth-order valence-electron chi connectivity index (χ4n) is 3.86. The highest BCUT2D eigenvalue weighted by molar-refractivity contribution is 6.02. The number of rotatable bonds is 4. The summed E-state index contributed by atoms with van der Waals surface area (Å²) in [6.07, 6.45) is 1.27. The van der Waals surface area contributed by atoms with Gasteiger partial charge in [-0.1, -0.05) is 0 Å². The molecule has 2 aromatic rings. The molecule has 1 aromatic carbocycles. The van der Waals surface area contributed by atoms with E-state index in [9.17, 15) is 13.6 Å². The summed E-state index contributed by atoms with van der Waals surface area (Å²) in [7, 11) is -2.73. The molecule has 1 aromatic heterocycles. The minimum atomic E-state index is -2.73. The molecular weight excluding hydrogens is 415 g/mol. The molecule has 0 saturated carbocycles. The number of fused-ring (bicyclic) bond motifs is 1. The molecule has 1 amide bonds. The van der Waals surface area contributed by atoms with Crippen molar-refractivity contribution in [1.29, 1.82) is 0 Å². The van der Waals surface area contributed by atoms with Crippen molar-refractivity contribution in [3.05, 3.63) is 47.7 Å². The van der Waals surface area contributed by atoms with Crippen LogP contribution in [0.1, 0.15) is 33.5 Å². The molecular formula is C20H20F3N5O3. The van der Waals surface area contributed by atoms with Crippen LogP contribution in [0.5, 0.6) is 5.88 Å². The van der Waals surface area contributed by atoms with Gasteiger partial charge >= 0.3 is 0 Å². The number of nitrogens with one attached hydrogen (secondary N) is 1. The predicted octanol–water partition coefficient (Wildman–Crippen LogP) is 2.30. The van der Waals surface area contributed by atoms with Gasteiger partial charge in [0.1, 0.15) is 17.3 Å². The van der Waals surface area contributed by atoms with Crippen LogP contribution < -0.4 is 15.8 Å². The Bertz CT molecular complexity index is 1160. The Morgan fingerprint density at radius 3 is 2.84 bits per heavy atom. The Morgan fingerprint density at radius 2 is 2.13 bits per heavy atom. The fourth-order valence-corrected chi connectivity index (χ4v) is 3.86. The van der Waals surface area contributed by atoms with Gasteiger partial charge in [0.2, 0.25) is 5.88 Å². The molecule has 2 aliphatic rings. The molecule has 1 saturated heterocycles. The maximum Gasteiger partial charge on any atom is 0.275 e. The second kappa shape index (κ2) is 7.19. The molecule has 3 atom stereocenters. The number of aromatic nitrogens is 2. The Labute approximate surface area is 179 Å². The van der Waals surface area contributed by atoms with E-state index in [0.717, 1.165) is 25.4 Å². The minimum absolute atomic E-state index is 0.0667. The largest absolute Gasteiger partial charge is 0.480 e.